The number of rotatable bonds is 4. The van der Waals surface area contributed by atoms with Crippen LogP contribution >= 0.6 is 0 Å². The zero-order valence-corrected chi connectivity index (χ0v) is 17.2. The number of anilines is 1. The van der Waals surface area contributed by atoms with Gasteiger partial charge in [-0.2, -0.15) is 0 Å². The Morgan fingerprint density at radius 3 is 2.48 bits per heavy atom. The van der Waals surface area contributed by atoms with Gasteiger partial charge in [-0.1, -0.05) is 24.3 Å². The van der Waals surface area contributed by atoms with Gasteiger partial charge in [0.1, 0.15) is 5.76 Å². The van der Waals surface area contributed by atoms with Crippen molar-refractivity contribution >= 4 is 23.5 Å². The smallest absolute Gasteiger partial charge is 0.313 e. The third-order valence-corrected chi connectivity index (χ3v) is 5.39. The summed E-state index contributed by atoms with van der Waals surface area (Å²) < 4.78 is 5.43. The maximum Gasteiger partial charge on any atom is 0.313 e. The lowest BCUT2D eigenvalue weighted by atomic mass is 9.62. The lowest BCUT2D eigenvalue weighted by molar-refractivity contribution is -0.148. The number of benzene rings is 1. The second-order valence-corrected chi connectivity index (χ2v) is 8.64. The number of aliphatic carboxylic acids is 1. The molecule has 0 radical (unpaired) electrons. The quantitative estimate of drug-likeness (QED) is 0.723. The molecule has 7 nitrogen and oxygen atoms in total. The predicted octanol–water partition coefficient (Wildman–Crippen LogP) is 2.81. The normalized spacial score (nSPS) is 26.0. The Morgan fingerprint density at radius 2 is 1.90 bits per heavy atom. The van der Waals surface area contributed by atoms with Crippen LogP contribution in [-0.2, 0) is 19.1 Å². The first-order valence-corrected chi connectivity index (χ1v) is 9.42. The summed E-state index contributed by atoms with van der Waals surface area (Å²) in [6, 6.07) is 7.13. The van der Waals surface area contributed by atoms with Crippen molar-refractivity contribution in [1.82, 2.24) is 5.32 Å². The van der Waals surface area contributed by atoms with E-state index in [1.807, 2.05) is 20.8 Å². The monoisotopic (exact) mass is 398 g/mol. The van der Waals surface area contributed by atoms with Crippen molar-refractivity contribution in [2.24, 2.45) is 11.3 Å². The van der Waals surface area contributed by atoms with Gasteiger partial charge in [0.2, 0.25) is 5.91 Å². The van der Waals surface area contributed by atoms with Crippen LogP contribution in [-0.4, -0.2) is 35.5 Å². The number of hydrogen-bond acceptors (Lipinski definition) is 4. The van der Waals surface area contributed by atoms with E-state index in [1.54, 1.807) is 24.3 Å². The van der Waals surface area contributed by atoms with E-state index in [1.165, 1.54) is 26.2 Å². The Hall–Kier alpha value is -3.09. The lowest BCUT2D eigenvalue weighted by Crippen LogP contribution is -2.49. The summed E-state index contributed by atoms with van der Waals surface area (Å²) in [6.45, 7) is 7.03. The molecule has 7 heteroatoms. The van der Waals surface area contributed by atoms with Crippen molar-refractivity contribution < 1.29 is 24.2 Å². The second-order valence-electron chi connectivity index (χ2n) is 8.64. The highest BCUT2D eigenvalue weighted by molar-refractivity contribution is 6.06. The molecule has 3 rings (SSSR count). The Morgan fingerprint density at radius 1 is 1.24 bits per heavy atom. The standard InChI is InChI=1S/C22H26N2O5/c1-21(2,3)24-19(26)16-14(29-5)10-11-22(4,20(27)28)17(16)15-12-8-6-7-9-13(12)23-18(15)25/h6-11,15,17H,1-5H3,(H,23,25)(H,24,26)(H,27,28). The molecule has 3 unspecified atom stereocenters. The van der Waals surface area contributed by atoms with Crippen LogP contribution in [0.3, 0.4) is 0 Å². The number of carboxylic acid groups (broad SMARTS) is 1. The Labute approximate surface area is 169 Å². The second kappa shape index (κ2) is 7.06. The summed E-state index contributed by atoms with van der Waals surface area (Å²) in [5.74, 6) is -3.45. The van der Waals surface area contributed by atoms with Crippen LogP contribution < -0.4 is 10.6 Å². The predicted molar refractivity (Wildman–Crippen MR) is 108 cm³/mol. The van der Waals surface area contributed by atoms with Crippen molar-refractivity contribution in [3.05, 3.63) is 53.3 Å². The fourth-order valence-electron chi connectivity index (χ4n) is 4.02. The number of methoxy groups -OCH3 is 1. The molecule has 154 valence electrons. The van der Waals surface area contributed by atoms with Gasteiger partial charge in [-0.25, -0.2) is 0 Å². The van der Waals surface area contributed by atoms with Crippen LogP contribution in [0.4, 0.5) is 5.69 Å². The summed E-state index contributed by atoms with van der Waals surface area (Å²) in [5.41, 5.74) is -0.580. The summed E-state index contributed by atoms with van der Waals surface area (Å²) in [6.07, 6.45) is 3.00. The highest BCUT2D eigenvalue weighted by Crippen LogP contribution is 2.51. The van der Waals surface area contributed by atoms with Crippen LogP contribution in [0.1, 0.15) is 39.2 Å². The zero-order valence-electron chi connectivity index (χ0n) is 17.2. The van der Waals surface area contributed by atoms with E-state index in [0.29, 0.717) is 11.3 Å². The topological polar surface area (TPSA) is 105 Å². The van der Waals surface area contributed by atoms with Crippen LogP contribution in [0.5, 0.6) is 0 Å². The summed E-state index contributed by atoms with van der Waals surface area (Å²) in [5, 5.41) is 15.8. The van der Waals surface area contributed by atoms with Gasteiger partial charge in [0, 0.05) is 17.1 Å². The van der Waals surface area contributed by atoms with Crippen LogP contribution in [0, 0.1) is 11.3 Å². The molecule has 3 atom stereocenters. The molecular weight excluding hydrogens is 372 g/mol. The van der Waals surface area contributed by atoms with E-state index in [9.17, 15) is 19.5 Å². The molecule has 0 aromatic heterocycles. The molecule has 2 amide bonds. The molecule has 0 spiro atoms. The maximum absolute atomic E-state index is 13.3. The summed E-state index contributed by atoms with van der Waals surface area (Å²) in [4.78, 5) is 38.6. The number of carboxylic acids is 1. The highest BCUT2D eigenvalue weighted by Gasteiger charge is 2.54. The number of fused-ring (bicyclic) bond motifs is 1. The molecule has 1 aromatic rings. The highest BCUT2D eigenvalue weighted by atomic mass is 16.5. The average Bonchev–Trinajstić information content (AvgIpc) is 2.95. The van der Waals surface area contributed by atoms with Gasteiger partial charge >= 0.3 is 5.97 Å². The number of hydrogen-bond donors (Lipinski definition) is 3. The van der Waals surface area contributed by atoms with Gasteiger partial charge in [-0.15, -0.1) is 0 Å². The number of para-hydroxylation sites is 1. The lowest BCUT2D eigenvalue weighted by Gasteiger charge is -2.39. The summed E-state index contributed by atoms with van der Waals surface area (Å²) >= 11 is 0. The van der Waals surface area contributed by atoms with Crippen LogP contribution in [0.15, 0.2) is 47.7 Å². The molecule has 0 fully saturated rings. The number of carbonyl (C=O) groups is 3. The third-order valence-electron chi connectivity index (χ3n) is 5.39. The van der Waals surface area contributed by atoms with E-state index in [2.05, 4.69) is 10.6 Å². The van der Waals surface area contributed by atoms with Gasteiger partial charge in [-0.3, -0.25) is 14.4 Å². The Balaban J connectivity index is 2.23. The van der Waals surface area contributed by atoms with E-state index >= 15 is 0 Å². The molecule has 0 saturated carbocycles. The van der Waals surface area contributed by atoms with Crippen molar-refractivity contribution in [2.75, 3.05) is 12.4 Å². The van der Waals surface area contributed by atoms with Gasteiger partial charge in [-0.05, 0) is 45.4 Å². The number of amides is 2. The number of allylic oxidation sites excluding steroid dienone is 1. The fourth-order valence-corrected chi connectivity index (χ4v) is 4.02. The van der Waals surface area contributed by atoms with E-state index in [-0.39, 0.29) is 17.2 Å². The zero-order chi connectivity index (χ0) is 21.6. The molecule has 0 bridgehead atoms. The van der Waals surface area contributed by atoms with E-state index < -0.39 is 34.7 Å². The molecule has 2 aliphatic rings. The SMILES string of the molecule is COC1=C(C(=O)NC(C)(C)C)C(C2C(=O)Nc3ccccc32)C(C)(C(=O)O)C=C1. The van der Waals surface area contributed by atoms with Gasteiger partial charge in [0.05, 0.1) is 24.0 Å². The minimum Gasteiger partial charge on any atom is -0.496 e. The largest absolute Gasteiger partial charge is 0.496 e. The molecule has 1 aliphatic carbocycles. The van der Waals surface area contributed by atoms with Crippen LogP contribution in [0.2, 0.25) is 0 Å². The Kier molecular flexibility index (Phi) is 5.03. The number of ether oxygens (including phenoxy) is 1. The molecule has 0 saturated heterocycles. The maximum atomic E-state index is 13.3. The molecule has 1 aliphatic heterocycles. The van der Waals surface area contributed by atoms with Crippen molar-refractivity contribution in [3.8, 4) is 0 Å². The fraction of sp³-hybridized carbons (Fsp3) is 0.409. The third kappa shape index (κ3) is 3.52. The Bertz CT molecular complexity index is 941. The van der Waals surface area contributed by atoms with E-state index in [0.717, 1.165) is 0 Å². The van der Waals surface area contributed by atoms with Gasteiger partial charge < -0.3 is 20.5 Å². The molecule has 29 heavy (non-hydrogen) atoms. The first-order valence-electron chi connectivity index (χ1n) is 9.42. The number of nitrogens with one attached hydrogen (secondary N) is 2. The first-order chi connectivity index (χ1) is 13.5. The molecule has 3 N–H and O–H groups in total. The van der Waals surface area contributed by atoms with Crippen LogP contribution in [0.25, 0.3) is 0 Å². The van der Waals surface area contributed by atoms with Crippen molar-refractivity contribution in [2.45, 2.75) is 39.2 Å². The molecule has 1 heterocycles. The average molecular weight is 398 g/mol. The summed E-state index contributed by atoms with van der Waals surface area (Å²) in [7, 11) is 1.42. The number of carbonyl (C=O) groups excluding carboxylic acids is 2. The van der Waals surface area contributed by atoms with Gasteiger partial charge in [0.25, 0.3) is 5.91 Å². The minimum atomic E-state index is -1.48. The van der Waals surface area contributed by atoms with Gasteiger partial charge in [0.15, 0.2) is 0 Å². The van der Waals surface area contributed by atoms with Crippen molar-refractivity contribution in [3.63, 3.8) is 0 Å². The van der Waals surface area contributed by atoms with E-state index in [4.69, 9.17) is 4.74 Å². The minimum absolute atomic E-state index is 0.159. The molecular formula is C22H26N2O5. The van der Waals surface area contributed by atoms with Crippen molar-refractivity contribution in [1.29, 1.82) is 0 Å². The molecule has 1 aromatic carbocycles. The first kappa shape index (κ1) is 20.6.